The van der Waals surface area contributed by atoms with E-state index in [1.165, 1.54) is 11.4 Å². The van der Waals surface area contributed by atoms with Crippen LogP contribution in [0.4, 0.5) is 5.69 Å². The molecule has 3 aromatic rings. The number of carbonyl (C=O) groups excluding carboxylic acids is 1. The highest BCUT2D eigenvalue weighted by Gasteiger charge is 2.21. The van der Waals surface area contributed by atoms with Gasteiger partial charge in [0, 0.05) is 29.1 Å². The zero-order valence-electron chi connectivity index (χ0n) is 16.5. The van der Waals surface area contributed by atoms with Gasteiger partial charge in [0.1, 0.15) is 0 Å². The van der Waals surface area contributed by atoms with Crippen LogP contribution in [0, 0.1) is 0 Å². The summed E-state index contributed by atoms with van der Waals surface area (Å²) in [6.07, 6.45) is 1.93. The van der Waals surface area contributed by atoms with Crippen LogP contribution in [0.1, 0.15) is 15.9 Å². The lowest BCUT2D eigenvalue weighted by atomic mass is 10.1. The molecule has 0 aliphatic heterocycles. The highest BCUT2D eigenvalue weighted by molar-refractivity contribution is 7.98. The van der Waals surface area contributed by atoms with E-state index in [9.17, 15) is 13.2 Å². The maximum Gasteiger partial charge on any atom is 0.264 e. The second-order valence-corrected chi connectivity index (χ2v) is 9.73. The monoisotopic (exact) mass is 460 g/mol. The summed E-state index contributed by atoms with van der Waals surface area (Å²) in [5, 5.41) is 3.40. The Hall–Kier alpha value is -2.48. The van der Waals surface area contributed by atoms with Crippen molar-refractivity contribution in [3.8, 4) is 0 Å². The van der Waals surface area contributed by atoms with Gasteiger partial charge in [0.25, 0.3) is 15.9 Å². The van der Waals surface area contributed by atoms with Crippen LogP contribution in [0.5, 0.6) is 0 Å². The first-order chi connectivity index (χ1) is 14.3. The van der Waals surface area contributed by atoms with Crippen molar-refractivity contribution in [1.82, 2.24) is 5.32 Å². The lowest BCUT2D eigenvalue weighted by Gasteiger charge is -2.20. The predicted octanol–water partition coefficient (Wildman–Crippen LogP) is 4.82. The van der Waals surface area contributed by atoms with E-state index in [-0.39, 0.29) is 10.8 Å². The third kappa shape index (κ3) is 4.98. The molecule has 0 heterocycles. The summed E-state index contributed by atoms with van der Waals surface area (Å²) < 4.78 is 26.9. The zero-order chi connectivity index (χ0) is 21.7. The SMILES string of the molecule is CSc1ccc(S(=O)(=O)N(C)c2ccc(C(=O)NCc3ccccc3Cl)cc2)cc1. The molecule has 0 aliphatic carbocycles. The fraction of sp³-hybridized carbons (Fsp3) is 0.136. The van der Waals surface area contributed by atoms with Gasteiger partial charge in [0.15, 0.2) is 0 Å². The fourth-order valence-electron chi connectivity index (χ4n) is 2.79. The summed E-state index contributed by atoms with van der Waals surface area (Å²) in [4.78, 5) is 13.6. The molecule has 0 aliphatic rings. The molecule has 5 nitrogen and oxygen atoms in total. The quantitative estimate of drug-likeness (QED) is 0.513. The third-order valence-corrected chi connectivity index (χ3v) is 7.52. The summed E-state index contributed by atoms with van der Waals surface area (Å²) in [6, 6.07) is 20.4. The van der Waals surface area contributed by atoms with Crippen molar-refractivity contribution in [3.05, 3.63) is 88.9 Å². The first-order valence-electron chi connectivity index (χ1n) is 9.07. The van der Waals surface area contributed by atoms with E-state index in [1.807, 2.05) is 24.5 Å². The van der Waals surface area contributed by atoms with Crippen LogP contribution in [-0.4, -0.2) is 27.6 Å². The number of nitrogens with one attached hydrogen (secondary N) is 1. The minimum atomic E-state index is -3.69. The molecule has 0 radical (unpaired) electrons. The average Bonchev–Trinajstić information content (AvgIpc) is 2.78. The van der Waals surface area contributed by atoms with E-state index in [0.29, 0.717) is 22.8 Å². The molecule has 0 atom stereocenters. The lowest BCUT2D eigenvalue weighted by Crippen LogP contribution is -2.27. The fourth-order valence-corrected chi connectivity index (χ4v) is 4.59. The van der Waals surface area contributed by atoms with Gasteiger partial charge in [-0.05, 0) is 66.4 Å². The predicted molar refractivity (Wildman–Crippen MR) is 123 cm³/mol. The van der Waals surface area contributed by atoms with Crippen LogP contribution in [0.15, 0.2) is 82.6 Å². The Morgan fingerprint density at radius 1 is 1.00 bits per heavy atom. The molecular formula is C22H21ClN2O3S2. The van der Waals surface area contributed by atoms with Crippen LogP contribution in [-0.2, 0) is 16.6 Å². The van der Waals surface area contributed by atoms with E-state index >= 15 is 0 Å². The Morgan fingerprint density at radius 3 is 2.23 bits per heavy atom. The van der Waals surface area contributed by atoms with Crippen molar-refractivity contribution in [2.75, 3.05) is 17.6 Å². The largest absolute Gasteiger partial charge is 0.348 e. The summed E-state index contributed by atoms with van der Waals surface area (Å²) in [5.74, 6) is -0.264. The Labute approximate surface area is 186 Å². The lowest BCUT2D eigenvalue weighted by molar-refractivity contribution is 0.0951. The van der Waals surface area contributed by atoms with Gasteiger partial charge in [0.05, 0.1) is 10.6 Å². The second kappa shape index (κ2) is 9.55. The zero-order valence-corrected chi connectivity index (χ0v) is 18.9. The number of benzene rings is 3. The topological polar surface area (TPSA) is 66.5 Å². The summed E-state index contributed by atoms with van der Waals surface area (Å²) in [5.41, 5.74) is 1.72. The molecular weight excluding hydrogens is 440 g/mol. The molecule has 1 N–H and O–H groups in total. The number of anilines is 1. The molecule has 156 valence electrons. The van der Waals surface area contributed by atoms with Crippen molar-refractivity contribution in [3.63, 3.8) is 0 Å². The number of carbonyl (C=O) groups is 1. The number of amides is 1. The van der Waals surface area contributed by atoms with Gasteiger partial charge in [0.2, 0.25) is 0 Å². The van der Waals surface area contributed by atoms with Crippen molar-refractivity contribution in [2.24, 2.45) is 0 Å². The number of hydrogen-bond acceptors (Lipinski definition) is 4. The minimum absolute atomic E-state index is 0.212. The van der Waals surface area contributed by atoms with E-state index in [0.717, 1.165) is 10.5 Å². The Balaban J connectivity index is 1.70. The summed E-state index contributed by atoms with van der Waals surface area (Å²) in [6.45, 7) is 0.306. The number of thioether (sulfide) groups is 1. The van der Waals surface area contributed by atoms with Crippen LogP contribution in [0.2, 0.25) is 5.02 Å². The van der Waals surface area contributed by atoms with Gasteiger partial charge in [-0.3, -0.25) is 9.10 Å². The first-order valence-corrected chi connectivity index (χ1v) is 12.1. The van der Waals surface area contributed by atoms with Gasteiger partial charge in [-0.15, -0.1) is 11.8 Å². The molecule has 0 fully saturated rings. The minimum Gasteiger partial charge on any atom is -0.348 e. The molecule has 0 unspecified atom stereocenters. The van der Waals surface area contributed by atoms with Crippen molar-refractivity contribution in [2.45, 2.75) is 16.3 Å². The second-order valence-electron chi connectivity index (χ2n) is 6.47. The number of hydrogen-bond donors (Lipinski definition) is 1. The first kappa shape index (κ1) is 22.2. The van der Waals surface area contributed by atoms with Gasteiger partial charge < -0.3 is 5.32 Å². The van der Waals surface area contributed by atoms with Crippen molar-refractivity contribution >= 4 is 45.0 Å². The number of halogens is 1. The van der Waals surface area contributed by atoms with Crippen LogP contribution >= 0.6 is 23.4 Å². The van der Waals surface area contributed by atoms with E-state index in [1.54, 1.807) is 66.4 Å². The molecule has 0 spiro atoms. The van der Waals surface area contributed by atoms with E-state index in [4.69, 9.17) is 11.6 Å². The van der Waals surface area contributed by atoms with Gasteiger partial charge in [-0.25, -0.2) is 8.42 Å². The summed E-state index contributed by atoms with van der Waals surface area (Å²) >= 11 is 7.65. The standard InChI is InChI=1S/C22H21ClN2O3S2/c1-25(30(27,28)20-13-11-19(29-2)12-14-20)18-9-7-16(8-10-18)22(26)24-15-17-5-3-4-6-21(17)23/h3-14H,15H2,1-2H3,(H,24,26). The molecule has 1 amide bonds. The smallest absolute Gasteiger partial charge is 0.264 e. The van der Waals surface area contributed by atoms with E-state index in [2.05, 4.69) is 5.32 Å². The van der Waals surface area contributed by atoms with Gasteiger partial charge in [-0.1, -0.05) is 29.8 Å². The van der Waals surface area contributed by atoms with Gasteiger partial charge >= 0.3 is 0 Å². The molecule has 30 heavy (non-hydrogen) atoms. The maximum atomic E-state index is 12.9. The highest BCUT2D eigenvalue weighted by Crippen LogP contribution is 2.24. The normalized spacial score (nSPS) is 11.2. The molecule has 0 bridgehead atoms. The third-order valence-electron chi connectivity index (χ3n) is 4.61. The Morgan fingerprint density at radius 2 is 1.63 bits per heavy atom. The average molecular weight is 461 g/mol. The molecule has 0 saturated carbocycles. The van der Waals surface area contributed by atoms with Crippen molar-refractivity contribution in [1.29, 1.82) is 0 Å². The summed E-state index contributed by atoms with van der Waals surface area (Å²) in [7, 11) is -2.20. The van der Waals surface area contributed by atoms with Crippen LogP contribution in [0.25, 0.3) is 0 Å². The number of nitrogens with zero attached hydrogens (tertiary/aromatic N) is 1. The number of sulfonamides is 1. The molecule has 0 aromatic heterocycles. The maximum absolute atomic E-state index is 12.9. The number of rotatable bonds is 7. The van der Waals surface area contributed by atoms with Crippen LogP contribution in [0.3, 0.4) is 0 Å². The highest BCUT2D eigenvalue weighted by atomic mass is 35.5. The van der Waals surface area contributed by atoms with E-state index < -0.39 is 10.0 Å². The van der Waals surface area contributed by atoms with Crippen molar-refractivity contribution < 1.29 is 13.2 Å². The Kier molecular flexibility index (Phi) is 7.07. The molecule has 3 rings (SSSR count). The van der Waals surface area contributed by atoms with Crippen LogP contribution < -0.4 is 9.62 Å². The molecule has 0 saturated heterocycles. The Bertz CT molecular complexity index is 1130. The molecule has 8 heteroatoms. The molecule has 3 aromatic carbocycles. The van der Waals surface area contributed by atoms with Gasteiger partial charge in [-0.2, -0.15) is 0 Å².